The summed E-state index contributed by atoms with van der Waals surface area (Å²) in [7, 11) is -1.41. The Labute approximate surface area is 279 Å². The SMILES string of the molecule is CC1(CNC(=O)Nc2cc(F)c(Oc3ccnc4c3c(-c3ccc(OC(F)(F)F)c(C#N)c3)cn4COCC[Si](C)(C)C)c(F)c2)COC1. The van der Waals surface area contributed by atoms with Gasteiger partial charge in [0.2, 0.25) is 0 Å². The Kier molecular flexibility index (Phi) is 10.2. The quantitative estimate of drug-likeness (QED) is 0.0872. The maximum atomic E-state index is 15.4. The Morgan fingerprint density at radius 2 is 1.84 bits per heavy atom. The number of halogens is 5. The first-order valence-corrected chi connectivity index (χ1v) is 18.9. The first-order valence-electron chi connectivity index (χ1n) is 15.2. The van der Waals surface area contributed by atoms with Crippen molar-refractivity contribution in [2.24, 2.45) is 5.41 Å². The van der Waals surface area contributed by atoms with Crippen LogP contribution in [0.5, 0.6) is 17.2 Å². The number of anilines is 1. The number of fused-ring (bicyclic) bond motifs is 1. The standard InChI is InChI=1S/C33H34F5N5O5Si/c1-32(17-46-18-32)16-41-31(44)42-22-12-24(34)29(25(35)13-22)47-27-7-8-40-30-28(27)23(15-43(30)19-45-9-10-49(2,3)4)20-5-6-26(21(11-20)14-39)48-33(36,37)38/h5-8,11-13,15H,9-10,16-19H2,1-4H3,(H2,41,42,44). The van der Waals surface area contributed by atoms with Crippen molar-refractivity contribution in [3.05, 3.63) is 66.0 Å². The molecule has 1 saturated heterocycles. The summed E-state index contributed by atoms with van der Waals surface area (Å²) in [6, 6.07) is 8.64. The number of carbonyl (C=O) groups is 1. The number of hydrogen-bond donors (Lipinski definition) is 2. The average molecular weight is 704 g/mol. The minimum absolute atomic E-state index is 0.0368. The van der Waals surface area contributed by atoms with E-state index >= 15 is 8.78 Å². The normalized spacial score (nSPS) is 14.2. The van der Waals surface area contributed by atoms with Crippen molar-refractivity contribution in [3.63, 3.8) is 0 Å². The molecule has 0 bridgehead atoms. The van der Waals surface area contributed by atoms with Gasteiger partial charge in [0.1, 0.15) is 29.9 Å². The number of amides is 2. The number of hydrogen-bond acceptors (Lipinski definition) is 7. The third kappa shape index (κ3) is 8.85. The van der Waals surface area contributed by atoms with Crippen LogP contribution in [-0.4, -0.2) is 56.4 Å². The third-order valence-corrected chi connectivity index (χ3v) is 9.33. The molecule has 2 N–H and O–H groups in total. The van der Waals surface area contributed by atoms with Gasteiger partial charge >= 0.3 is 12.4 Å². The van der Waals surface area contributed by atoms with Crippen molar-refractivity contribution >= 4 is 30.8 Å². The highest BCUT2D eigenvalue weighted by Crippen LogP contribution is 2.41. The first-order chi connectivity index (χ1) is 23.0. The molecule has 2 aromatic heterocycles. The molecule has 0 radical (unpaired) electrons. The second-order valence-electron chi connectivity index (χ2n) is 13.2. The molecule has 3 heterocycles. The molecule has 1 aliphatic rings. The van der Waals surface area contributed by atoms with Crippen LogP contribution in [0.2, 0.25) is 25.7 Å². The summed E-state index contributed by atoms with van der Waals surface area (Å²) in [5, 5.41) is 14.9. The van der Waals surface area contributed by atoms with Gasteiger partial charge in [0.05, 0.1) is 24.2 Å². The molecule has 10 nitrogen and oxygen atoms in total. The molecular formula is C33H34F5N5O5Si. The second-order valence-corrected chi connectivity index (χ2v) is 18.8. The fourth-order valence-corrected chi connectivity index (χ4v) is 5.75. The molecule has 0 aliphatic carbocycles. The molecule has 2 aromatic carbocycles. The number of urea groups is 1. The fourth-order valence-electron chi connectivity index (χ4n) is 4.99. The Balaban J connectivity index is 1.48. The van der Waals surface area contributed by atoms with Gasteiger partial charge in [0.15, 0.2) is 17.4 Å². The summed E-state index contributed by atoms with van der Waals surface area (Å²) in [4.78, 5) is 16.8. The van der Waals surface area contributed by atoms with E-state index in [0.717, 1.165) is 24.2 Å². The Morgan fingerprint density at radius 3 is 2.45 bits per heavy atom. The van der Waals surface area contributed by atoms with Crippen molar-refractivity contribution in [3.8, 4) is 34.4 Å². The van der Waals surface area contributed by atoms with Crippen LogP contribution >= 0.6 is 0 Å². The molecule has 4 aromatic rings. The molecule has 0 unspecified atom stereocenters. The van der Waals surface area contributed by atoms with Gasteiger partial charge < -0.3 is 34.1 Å². The number of nitrogens with one attached hydrogen (secondary N) is 2. The van der Waals surface area contributed by atoms with E-state index in [1.54, 1.807) is 16.8 Å². The van der Waals surface area contributed by atoms with Crippen LogP contribution in [0.4, 0.5) is 32.4 Å². The molecular weight excluding hydrogens is 669 g/mol. The van der Waals surface area contributed by atoms with Crippen molar-refractivity contribution < 1.29 is 45.7 Å². The number of ether oxygens (including phenoxy) is 4. The maximum Gasteiger partial charge on any atom is 0.573 e. The minimum Gasteiger partial charge on any atom is -0.450 e. The second kappa shape index (κ2) is 14.0. The molecule has 16 heteroatoms. The fraction of sp³-hybridized carbons (Fsp3) is 0.364. The summed E-state index contributed by atoms with van der Waals surface area (Å²) in [6.45, 7) is 10.3. The highest BCUT2D eigenvalue weighted by molar-refractivity contribution is 6.76. The Hall–Kier alpha value is -4.72. The number of alkyl halides is 3. The lowest BCUT2D eigenvalue weighted by Crippen LogP contribution is -2.49. The smallest absolute Gasteiger partial charge is 0.450 e. The molecule has 1 aliphatic heterocycles. The first kappa shape index (κ1) is 35.6. The van der Waals surface area contributed by atoms with Crippen LogP contribution in [-0.2, 0) is 16.2 Å². The third-order valence-electron chi connectivity index (χ3n) is 7.63. The number of benzene rings is 2. The number of pyridine rings is 1. The highest BCUT2D eigenvalue weighted by Gasteiger charge is 2.34. The van der Waals surface area contributed by atoms with E-state index in [1.165, 1.54) is 24.4 Å². The number of aromatic nitrogens is 2. The van der Waals surface area contributed by atoms with Crippen LogP contribution < -0.4 is 20.1 Å². The highest BCUT2D eigenvalue weighted by atomic mass is 28.3. The molecule has 2 amide bonds. The zero-order chi connectivity index (χ0) is 35.6. The van der Waals surface area contributed by atoms with Gasteiger partial charge in [-0.05, 0) is 29.8 Å². The van der Waals surface area contributed by atoms with Gasteiger partial charge in [0, 0.05) is 62.4 Å². The topological polar surface area (TPSA) is 120 Å². The lowest BCUT2D eigenvalue weighted by molar-refractivity contribution is -0.274. The zero-order valence-corrected chi connectivity index (χ0v) is 28.1. The van der Waals surface area contributed by atoms with Crippen molar-refractivity contribution in [2.45, 2.75) is 45.7 Å². The van der Waals surface area contributed by atoms with Crippen molar-refractivity contribution in [1.29, 1.82) is 5.26 Å². The van der Waals surface area contributed by atoms with E-state index in [1.807, 2.05) is 6.92 Å². The van der Waals surface area contributed by atoms with Gasteiger partial charge in [-0.25, -0.2) is 18.6 Å². The van der Waals surface area contributed by atoms with E-state index in [2.05, 4.69) is 40.0 Å². The number of carbonyl (C=O) groups excluding carboxylic acids is 1. The monoisotopic (exact) mass is 703 g/mol. The van der Waals surface area contributed by atoms with E-state index in [4.69, 9.17) is 14.2 Å². The molecule has 49 heavy (non-hydrogen) atoms. The molecule has 260 valence electrons. The van der Waals surface area contributed by atoms with Crippen molar-refractivity contribution in [1.82, 2.24) is 14.9 Å². The molecule has 5 rings (SSSR count). The van der Waals surface area contributed by atoms with Crippen LogP contribution in [0.15, 0.2) is 48.8 Å². The van der Waals surface area contributed by atoms with E-state index in [-0.39, 0.29) is 40.2 Å². The number of nitrogens with zero attached hydrogens (tertiary/aromatic N) is 3. The van der Waals surface area contributed by atoms with Crippen LogP contribution in [0.1, 0.15) is 12.5 Å². The Bertz CT molecular complexity index is 1880. The molecule has 0 spiro atoms. The van der Waals surface area contributed by atoms with Crippen molar-refractivity contribution in [2.75, 3.05) is 31.7 Å². The van der Waals surface area contributed by atoms with Gasteiger partial charge in [-0.2, -0.15) is 5.26 Å². The predicted molar refractivity (Wildman–Crippen MR) is 173 cm³/mol. The molecule has 0 atom stereocenters. The van der Waals surface area contributed by atoms with Gasteiger partial charge in [-0.1, -0.05) is 32.6 Å². The van der Waals surface area contributed by atoms with Gasteiger partial charge in [-0.15, -0.1) is 13.2 Å². The average Bonchev–Trinajstić information content (AvgIpc) is 3.37. The Morgan fingerprint density at radius 1 is 1.12 bits per heavy atom. The zero-order valence-electron chi connectivity index (χ0n) is 27.1. The van der Waals surface area contributed by atoms with Gasteiger partial charge in [0.25, 0.3) is 0 Å². The summed E-state index contributed by atoms with van der Waals surface area (Å²) in [5.41, 5.74) is 0.145. The van der Waals surface area contributed by atoms with E-state index in [0.29, 0.717) is 31.9 Å². The largest absolute Gasteiger partial charge is 0.573 e. The number of rotatable bonds is 12. The summed E-state index contributed by atoms with van der Waals surface area (Å²) < 4.78 is 92.1. The molecule has 1 fully saturated rings. The van der Waals surface area contributed by atoms with Gasteiger partial charge in [-0.3, -0.25) is 0 Å². The lowest BCUT2D eigenvalue weighted by atomic mass is 9.89. The summed E-state index contributed by atoms with van der Waals surface area (Å²) in [6.07, 6.45) is -2.05. The van der Waals surface area contributed by atoms with E-state index < -0.39 is 49.2 Å². The predicted octanol–water partition coefficient (Wildman–Crippen LogP) is 8.01. The van der Waals surface area contributed by atoms with E-state index in [9.17, 15) is 23.2 Å². The summed E-state index contributed by atoms with van der Waals surface area (Å²) in [5.74, 6) is -3.73. The summed E-state index contributed by atoms with van der Waals surface area (Å²) >= 11 is 0. The van der Waals surface area contributed by atoms with Crippen LogP contribution in [0.3, 0.4) is 0 Å². The molecule has 0 saturated carbocycles. The number of nitriles is 1. The van der Waals surface area contributed by atoms with Crippen LogP contribution in [0, 0.1) is 28.4 Å². The lowest BCUT2D eigenvalue weighted by Gasteiger charge is -2.37. The maximum absolute atomic E-state index is 15.4. The minimum atomic E-state index is -5.02. The van der Waals surface area contributed by atoms with Crippen LogP contribution in [0.25, 0.3) is 22.2 Å².